The maximum Gasteiger partial charge on any atom is 0.294 e. The number of rotatable bonds is 4. The molecule has 0 aromatic heterocycles. The van der Waals surface area contributed by atoms with E-state index < -0.39 is 4.92 Å². The molecular formula is C13H16ClN3O4. The summed E-state index contributed by atoms with van der Waals surface area (Å²) in [7, 11) is 3.14. The lowest BCUT2D eigenvalue weighted by Gasteiger charge is -2.17. The first-order valence-electron chi connectivity index (χ1n) is 6.45. The highest BCUT2D eigenvalue weighted by molar-refractivity contribution is 6.34. The van der Waals surface area contributed by atoms with Gasteiger partial charge in [-0.2, -0.15) is 0 Å². The monoisotopic (exact) mass is 313 g/mol. The number of ether oxygens (including phenoxy) is 1. The zero-order chi connectivity index (χ0) is 15.6. The van der Waals surface area contributed by atoms with Gasteiger partial charge in [-0.3, -0.25) is 14.9 Å². The van der Waals surface area contributed by atoms with E-state index >= 15 is 0 Å². The lowest BCUT2D eigenvalue weighted by Crippen LogP contribution is -2.30. The lowest BCUT2D eigenvalue weighted by molar-refractivity contribution is -0.384. The van der Waals surface area contributed by atoms with E-state index in [1.54, 1.807) is 19.1 Å². The zero-order valence-corrected chi connectivity index (χ0v) is 12.5. The fraction of sp³-hybridized carbons (Fsp3) is 0.462. The summed E-state index contributed by atoms with van der Waals surface area (Å²) in [6.45, 7) is 1.05. The molecule has 0 bridgehead atoms. The van der Waals surface area contributed by atoms with Crippen molar-refractivity contribution >= 4 is 28.9 Å². The second kappa shape index (κ2) is 6.28. The van der Waals surface area contributed by atoms with Gasteiger partial charge in [-0.25, -0.2) is 0 Å². The molecule has 1 aliphatic heterocycles. The van der Waals surface area contributed by atoms with Gasteiger partial charge in [0.05, 0.1) is 16.0 Å². The number of carbonyl (C=O) groups is 1. The molecule has 1 N–H and O–H groups in total. The van der Waals surface area contributed by atoms with Crippen LogP contribution < -0.4 is 5.32 Å². The van der Waals surface area contributed by atoms with Crippen LogP contribution >= 0.6 is 11.6 Å². The Morgan fingerprint density at radius 1 is 1.57 bits per heavy atom. The van der Waals surface area contributed by atoms with Crippen molar-refractivity contribution in [2.24, 2.45) is 0 Å². The first kappa shape index (κ1) is 15.5. The van der Waals surface area contributed by atoms with Crippen LogP contribution in [0, 0.1) is 10.1 Å². The minimum atomic E-state index is -0.559. The highest BCUT2D eigenvalue weighted by atomic mass is 35.5. The summed E-state index contributed by atoms with van der Waals surface area (Å²) in [6.07, 6.45) is 0.767. The molecular weight excluding hydrogens is 298 g/mol. The molecule has 1 atom stereocenters. The van der Waals surface area contributed by atoms with Gasteiger partial charge >= 0.3 is 0 Å². The molecule has 0 saturated carbocycles. The smallest absolute Gasteiger partial charge is 0.294 e. The molecule has 1 aliphatic rings. The number of anilines is 1. The fourth-order valence-corrected chi connectivity index (χ4v) is 2.70. The largest absolute Gasteiger partial charge is 0.381 e. The Bertz CT molecular complexity index is 579. The Morgan fingerprint density at radius 2 is 2.29 bits per heavy atom. The maximum atomic E-state index is 12.4. The van der Waals surface area contributed by atoms with E-state index in [4.69, 9.17) is 16.3 Å². The summed E-state index contributed by atoms with van der Waals surface area (Å²) < 4.78 is 5.21. The van der Waals surface area contributed by atoms with Crippen molar-refractivity contribution in [2.75, 3.05) is 32.6 Å². The number of amides is 1. The Morgan fingerprint density at radius 3 is 2.81 bits per heavy atom. The molecule has 1 saturated heterocycles. The summed E-state index contributed by atoms with van der Waals surface area (Å²) in [5.74, 6) is -0.276. The van der Waals surface area contributed by atoms with Crippen molar-refractivity contribution in [3.8, 4) is 0 Å². The zero-order valence-electron chi connectivity index (χ0n) is 11.8. The molecule has 8 heteroatoms. The minimum Gasteiger partial charge on any atom is -0.381 e. The summed E-state index contributed by atoms with van der Waals surface area (Å²) in [5, 5.41) is 13.9. The van der Waals surface area contributed by atoms with Crippen LogP contribution in [-0.2, 0) is 4.74 Å². The van der Waals surface area contributed by atoms with Crippen molar-refractivity contribution in [1.82, 2.24) is 4.90 Å². The third-order valence-electron chi connectivity index (χ3n) is 3.53. The van der Waals surface area contributed by atoms with Gasteiger partial charge in [-0.15, -0.1) is 0 Å². The second-order valence-electron chi connectivity index (χ2n) is 4.76. The number of nitrogens with one attached hydrogen (secondary N) is 1. The number of likely N-dealkylation sites (tertiary alicyclic amines) is 1. The molecule has 1 fully saturated rings. The molecule has 7 nitrogen and oxygen atoms in total. The molecule has 1 heterocycles. The molecule has 0 aliphatic carbocycles. The van der Waals surface area contributed by atoms with Crippen molar-refractivity contribution in [2.45, 2.75) is 12.5 Å². The van der Waals surface area contributed by atoms with Crippen LogP contribution in [0.2, 0.25) is 5.02 Å². The average Bonchev–Trinajstić information content (AvgIpc) is 2.94. The van der Waals surface area contributed by atoms with E-state index in [0.29, 0.717) is 13.1 Å². The predicted molar refractivity (Wildman–Crippen MR) is 79.0 cm³/mol. The topological polar surface area (TPSA) is 84.7 Å². The van der Waals surface area contributed by atoms with Crippen LogP contribution in [0.4, 0.5) is 11.4 Å². The molecule has 0 radical (unpaired) electrons. The van der Waals surface area contributed by atoms with E-state index in [1.165, 1.54) is 12.1 Å². The number of hydrogen-bond acceptors (Lipinski definition) is 5. The summed E-state index contributed by atoms with van der Waals surface area (Å²) in [5.41, 5.74) is 0.202. The highest BCUT2D eigenvalue weighted by Crippen LogP contribution is 2.34. The number of benzene rings is 1. The molecule has 0 spiro atoms. The van der Waals surface area contributed by atoms with Crippen LogP contribution in [0.3, 0.4) is 0 Å². The van der Waals surface area contributed by atoms with E-state index in [1.807, 2.05) is 0 Å². The van der Waals surface area contributed by atoms with Crippen molar-refractivity contribution in [3.05, 3.63) is 32.8 Å². The molecule has 114 valence electrons. The van der Waals surface area contributed by atoms with Gasteiger partial charge in [0.15, 0.2) is 0 Å². The summed E-state index contributed by atoms with van der Waals surface area (Å²) >= 11 is 6.02. The van der Waals surface area contributed by atoms with Crippen molar-refractivity contribution in [1.29, 1.82) is 0 Å². The van der Waals surface area contributed by atoms with Crippen LogP contribution in [-0.4, -0.2) is 49.1 Å². The number of nitro groups is 1. The normalized spacial score (nSPS) is 17.9. The molecule has 1 amide bonds. The van der Waals surface area contributed by atoms with Crippen LogP contribution in [0.5, 0.6) is 0 Å². The number of nitrogens with zero attached hydrogens (tertiary/aromatic N) is 2. The minimum absolute atomic E-state index is 0.0102. The number of methoxy groups -OCH3 is 1. The lowest BCUT2D eigenvalue weighted by atomic mass is 10.1. The van der Waals surface area contributed by atoms with Gasteiger partial charge in [0.2, 0.25) is 0 Å². The fourth-order valence-electron chi connectivity index (χ4n) is 2.39. The predicted octanol–water partition coefficient (Wildman–Crippen LogP) is 2.15. The van der Waals surface area contributed by atoms with Gasteiger partial charge in [0.1, 0.15) is 5.69 Å². The molecule has 2 rings (SSSR count). The SMILES string of the molecule is CNc1c(Cl)cc(C(=O)N2CCC(OC)C2)cc1[N+](=O)[O-]. The number of halogens is 1. The number of hydrogen-bond donors (Lipinski definition) is 1. The first-order valence-corrected chi connectivity index (χ1v) is 6.83. The van der Waals surface area contributed by atoms with Crippen LogP contribution in [0.25, 0.3) is 0 Å². The molecule has 21 heavy (non-hydrogen) atoms. The highest BCUT2D eigenvalue weighted by Gasteiger charge is 2.29. The van der Waals surface area contributed by atoms with Gasteiger partial charge < -0.3 is 15.0 Å². The van der Waals surface area contributed by atoms with Gasteiger partial charge in [-0.1, -0.05) is 11.6 Å². The van der Waals surface area contributed by atoms with E-state index in [-0.39, 0.29) is 34.0 Å². The Balaban J connectivity index is 2.32. The molecule has 1 aromatic carbocycles. The van der Waals surface area contributed by atoms with E-state index in [2.05, 4.69) is 5.32 Å². The number of nitro benzene ring substituents is 1. The van der Waals surface area contributed by atoms with Gasteiger partial charge in [0, 0.05) is 38.9 Å². The second-order valence-corrected chi connectivity index (χ2v) is 5.16. The van der Waals surface area contributed by atoms with Gasteiger partial charge in [0.25, 0.3) is 11.6 Å². The first-order chi connectivity index (χ1) is 9.97. The maximum absolute atomic E-state index is 12.4. The average molecular weight is 314 g/mol. The number of carbonyl (C=O) groups excluding carboxylic acids is 1. The molecule has 1 aromatic rings. The van der Waals surface area contributed by atoms with E-state index in [9.17, 15) is 14.9 Å². The third-order valence-corrected chi connectivity index (χ3v) is 3.83. The standard InChI is InChI=1S/C13H16ClN3O4/c1-15-12-10(14)5-8(6-11(12)17(19)20)13(18)16-4-3-9(7-16)21-2/h5-6,9,15H,3-4,7H2,1-2H3. The Kier molecular flexibility index (Phi) is 4.64. The van der Waals surface area contributed by atoms with E-state index in [0.717, 1.165) is 6.42 Å². The van der Waals surface area contributed by atoms with Crippen molar-refractivity contribution < 1.29 is 14.5 Å². The van der Waals surface area contributed by atoms with Crippen LogP contribution in [0.1, 0.15) is 16.8 Å². The van der Waals surface area contributed by atoms with Crippen molar-refractivity contribution in [3.63, 3.8) is 0 Å². The summed E-state index contributed by atoms with van der Waals surface area (Å²) in [4.78, 5) is 24.5. The quantitative estimate of drug-likeness (QED) is 0.680. The summed E-state index contributed by atoms with van der Waals surface area (Å²) in [6, 6.07) is 2.70. The Hall–Kier alpha value is -1.86. The third kappa shape index (κ3) is 3.08. The van der Waals surface area contributed by atoms with Crippen LogP contribution in [0.15, 0.2) is 12.1 Å². The molecule has 1 unspecified atom stereocenters. The van der Waals surface area contributed by atoms with Gasteiger partial charge in [-0.05, 0) is 12.5 Å². The Labute approximate surface area is 127 Å².